The predicted molar refractivity (Wildman–Crippen MR) is 28.6 cm³/mol. The molecule has 0 aliphatic carbocycles. The Hall–Kier alpha value is 0.560. The Morgan fingerprint density at radius 3 is 2.20 bits per heavy atom. The van der Waals surface area contributed by atoms with Crippen LogP contribution in [0, 0.1) is 0 Å². The summed E-state index contributed by atoms with van der Waals surface area (Å²) in [5.74, 6) is 0. The van der Waals surface area contributed by atoms with Gasteiger partial charge in [-0.2, -0.15) is 0 Å². The van der Waals surface area contributed by atoms with Crippen molar-refractivity contribution >= 4 is 34.2 Å². The molecule has 0 spiro atoms. The molecule has 0 aromatic rings. The molecule has 0 heterocycles. The van der Waals surface area contributed by atoms with Gasteiger partial charge < -0.3 is 0 Å². The Morgan fingerprint density at radius 1 is 2.00 bits per heavy atom. The highest BCUT2D eigenvalue weighted by molar-refractivity contribution is 14.1. The zero-order chi connectivity index (χ0) is 4.28. The summed E-state index contributed by atoms with van der Waals surface area (Å²) in [6, 6.07) is 0. The summed E-state index contributed by atoms with van der Waals surface area (Å²) in [7, 11) is 0. The molecule has 0 N–H and O–H groups in total. The number of halogens is 2. The molecule has 29 valence electrons. The number of rotatable bonds is 0. The normalized spacial score (nSPS) is 12.0. The van der Waals surface area contributed by atoms with Gasteiger partial charge in [0.25, 0.3) is 0 Å². The van der Waals surface area contributed by atoms with Crippen molar-refractivity contribution in [3.63, 3.8) is 0 Å². The fourth-order valence-corrected chi connectivity index (χ4v) is 0. The Labute approximate surface area is 48.8 Å². The Kier molecular flexibility index (Phi) is 3.09. The van der Waals surface area contributed by atoms with Crippen LogP contribution in [-0.4, -0.2) is 0 Å². The minimum absolute atomic E-state index is 0.135. The van der Waals surface area contributed by atoms with Crippen LogP contribution in [0.4, 0.5) is 0 Å². The number of hydrogen-bond acceptors (Lipinski definition) is 0. The third-order valence-electron chi connectivity index (χ3n) is 0.0858. The summed E-state index contributed by atoms with van der Waals surface area (Å²) < 4.78 is -0.135. The lowest BCUT2D eigenvalue weighted by Crippen LogP contribution is -1.46. The van der Waals surface area contributed by atoms with Crippen LogP contribution in [0.2, 0.25) is 0 Å². The van der Waals surface area contributed by atoms with Gasteiger partial charge in [-0.15, -0.1) is 0 Å². The van der Waals surface area contributed by atoms with Crippen LogP contribution < -0.4 is 0 Å². The molecule has 5 heavy (non-hydrogen) atoms. The smallest absolute Gasteiger partial charge is 0.226 e. The lowest BCUT2D eigenvalue weighted by atomic mass is 11.2. The Balaban J connectivity index is 3.14. The minimum Gasteiger partial charge on any atom is -0.282 e. The van der Waals surface area contributed by atoms with E-state index in [0.717, 1.165) is 5.54 Å². The van der Waals surface area contributed by atoms with Crippen molar-refractivity contribution < 1.29 is 5.11 Å². The first-order chi connectivity index (χ1) is 2.27. The van der Waals surface area contributed by atoms with Crippen LogP contribution in [-0.2, 0) is 5.11 Å². The second-order valence-corrected chi connectivity index (χ2v) is 1.69. The summed E-state index contributed by atoms with van der Waals surface area (Å²) >= 11 is 6.43. The Bertz CT molecular complexity index is 47.6. The van der Waals surface area contributed by atoms with Crippen molar-refractivity contribution in [2.75, 3.05) is 0 Å². The molecular formula is C2HClIO. The van der Waals surface area contributed by atoms with Gasteiger partial charge in [-0.1, -0.05) is 11.6 Å². The van der Waals surface area contributed by atoms with Crippen LogP contribution in [0.3, 0.4) is 0 Å². The van der Waals surface area contributed by atoms with Gasteiger partial charge in [0.05, 0.1) is 5.54 Å². The van der Waals surface area contributed by atoms with Gasteiger partial charge in [-0.05, 0) is 0 Å². The molecule has 0 saturated heterocycles. The highest BCUT2D eigenvalue weighted by atomic mass is 127. The zero-order valence-corrected chi connectivity index (χ0v) is 5.15. The maximum absolute atomic E-state index is 9.61. The van der Waals surface area contributed by atoms with E-state index in [9.17, 15) is 5.11 Å². The lowest BCUT2D eigenvalue weighted by molar-refractivity contribution is 0.345. The molecule has 0 unspecified atom stereocenters. The van der Waals surface area contributed by atoms with E-state index < -0.39 is 0 Å². The van der Waals surface area contributed by atoms with Crippen LogP contribution in [0.15, 0.2) is 9.30 Å². The predicted octanol–water partition coefficient (Wildman–Crippen LogP) is 1.89. The SMILES string of the molecule is [O]C(I)=CCl. The summed E-state index contributed by atoms with van der Waals surface area (Å²) in [5.41, 5.74) is 0.987. The average molecular weight is 203 g/mol. The van der Waals surface area contributed by atoms with Crippen molar-refractivity contribution in [3.8, 4) is 0 Å². The third-order valence-corrected chi connectivity index (χ3v) is 0.964. The topological polar surface area (TPSA) is 19.9 Å². The molecule has 3 heteroatoms. The second kappa shape index (κ2) is 2.78. The van der Waals surface area contributed by atoms with Crippen molar-refractivity contribution in [2.45, 2.75) is 0 Å². The molecule has 0 aliphatic heterocycles. The largest absolute Gasteiger partial charge is 0.282 e. The fraction of sp³-hybridized carbons (Fsp3) is 0. The van der Waals surface area contributed by atoms with E-state index in [1.54, 1.807) is 22.6 Å². The quantitative estimate of drug-likeness (QED) is 0.423. The van der Waals surface area contributed by atoms with Crippen LogP contribution >= 0.6 is 34.2 Å². The molecule has 0 aromatic carbocycles. The van der Waals surface area contributed by atoms with Gasteiger partial charge in [0.15, 0.2) is 0 Å². The Morgan fingerprint density at radius 2 is 2.20 bits per heavy atom. The highest BCUT2D eigenvalue weighted by Crippen LogP contribution is 2.00. The van der Waals surface area contributed by atoms with Crippen molar-refractivity contribution in [1.82, 2.24) is 0 Å². The first-order valence-corrected chi connectivity index (χ1v) is 2.42. The average Bonchev–Trinajstić information content (AvgIpc) is 1.38. The van der Waals surface area contributed by atoms with Crippen LogP contribution in [0.25, 0.3) is 0 Å². The van der Waals surface area contributed by atoms with Gasteiger partial charge in [0.2, 0.25) is 3.77 Å². The van der Waals surface area contributed by atoms with Crippen molar-refractivity contribution in [1.29, 1.82) is 0 Å². The van der Waals surface area contributed by atoms with Crippen LogP contribution in [0.5, 0.6) is 0 Å². The van der Waals surface area contributed by atoms with E-state index >= 15 is 0 Å². The van der Waals surface area contributed by atoms with Gasteiger partial charge >= 0.3 is 0 Å². The minimum atomic E-state index is -0.135. The van der Waals surface area contributed by atoms with Crippen LogP contribution in [0.1, 0.15) is 0 Å². The van der Waals surface area contributed by atoms with Gasteiger partial charge in [0, 0.05) is 22.6 Å². The second-order valence-electron chi connectivity index (χ2n) is 0.413. The number of hydrogen-bond donors (Lipinski definition) is 0. The summed E-state index contributed by atoms with van der Waals surface area (Å²) in [4.78, 5) is 0. The van der Waals surface area contributed by atoms with Crippen molar-refractivity contribution in [3.05, 3.63) is 9.30 Å². The van der Waals surface area contributed by atoms with E-state index in [0.29, 0.717) is 0 Å². The molecule has 1 nitrogen and oxygen atoms in total. The van der Waals surface area contributed by atoms with Gasteiger partial charge in [0.1, 0.15) is 0 Å². The summed E-state index contributed by atoms with van der Waals surface area (Å²) in [5, 5.41) is 9.61. The molecule has 0 amide bonds. The van der Waals surface area contributed by atoms with E-state index in [1.807, 2.05) is 0 Å². The zero-order valence-electron chi connectivity index (χ0n) is 2.24. The van der Waals surface area contributed by atoms with Gasteiger partial charge in [-0.25, -0.2) is 0 Å². The third kappa shape index (κ3) is 4.56. The maximum Gasteiger partial charge on any atom is 0.226 e. The monoisotopic (exact) mass is 203 g/mol. The van der Waals surface area contributed by atoms with Gasteiger partial charge in [-0.3, -0.25) is 5.11 Å². The molecule has 0 aliphatic rings. The molecular weight excluding hydrogens is 202 g/mol. The highest BCUT2D eigenvalue weighted by Gasteiger charge is 1.74. The molecule has 0 aromatic heterocycles. The van der Waals surface area contributed by atoms with E-state index in [4.69, 9.17) is 11.6 Å². The van der Waals surface area contributed by atoms with E-state index in [1.165, 1.54) is 0 Å². The van der Waals surface area contributed by atoms with Crippen molar-refractivity contribution in [2.24, 2.45) is 0 Å². The first-order valence-electron chi connectivity index (χ1n) is 0.900. The molecule has 0 saturated carbocycles. The fourth-order valence-electron chi connectivity index (χ4n) is 0. The summed E-state index contributed by atoms with van der Waals surface area (Å²) in [6.45, 7) is 0. The lowest BCUT2D eigenvalue weighted by Gasteiger charge is -1.62. The van der Waals surface area contributed by atoms with E-state index in [2.05, 4.69) is 0 Å². The maximum atomic E-state index is 9.61. The molecule has 0 bridgehead atoms. The molecule has 0 rings (SSSR count). The summed E-state index contributed by atoms with van der Waals surface area (Å²) in [6.07, 6.45) is 0. The van der Waals surface area contributed by atoms with E-state index in [-0.39, 0.29) is 3.77 Å². The molecule has 1 radical (unpaired) electrons. The molecule has 0 atom stereocenters. The molecule has 0 fully saturated rings. The standard InChI is InChI=1S/C2HClIO/c3-1-2(4)5/h1H. The first kappa shape index (κ1) is 5.56.